The fourth-order valence-electron chi connectivity index (χ4n) is 3.95. The molecule has 0 bridgehead atoms. The summed E-state index contributed by atoms with van der Waals surface area (Å²) >= 11 is 6.08. The Morgan fingerprint density at radius 1 is 0.906 bits per heavy atom. The van der Waals surface area contributed by atoms with Crippen LogP contribution < -0.4 is 10.2 Å². The van der Waals surface area contributed by atoms with Crippen LogP contribution in [-0.2, 0) is 4.79 Å². The number of hydrogen-bond donors (Lipinski definition) is 3. The third kappa shape index (κ3) is 3.23. The lowest BCUT2D eigenvalue weighted by atomic mass is 9.85. The lowest BCUT2D eigenvalue weighted by Gasteiger charge is -2.26. The molecule has 0 fully saturated rings. The zero-order chi connectivity index (χ0) is 22.6. The third-order valence-electron chi connectivity index (χ3n) is 5.45. The van der Waals surface area contributed by atoms with Crippen molar-refractivity contribution in [3.8, 4) is 34.3 Å². The standard InChI is InChI=1S/C24H15ClO7/c25-15-7-12(3-6-16(15)27)14-8-21(30)31-20-10-18(29)23-17(28)9-19(32-24(23)22(14)20)11-1-4-13(26)5-2-11/h1-7,9-10,14,26-27,29H,8H2/t14-/m0/s1. The van der Waals surface area contributed by atoms with Gasteiger partial charge in [-0.05, 0) is 42.0 Å². The van der Waals surface area contributed by atoms with Crippen LogP contribution in [0.3, 0.4) is 0 Å². The molecule has 1 aliphatic heterocycles. The lowest BCUT2D eigenvalue weighted by Crippen LogP contribution is -2.22. The number of carbonyl (C=O) groups excluding carboxylic acids is 1. The molecule has 0 saturated heterocycles. The van der Waals surface area contributed by atoms with Crippen LogP contribution in [0.4, 0.5) is 0 Å². The van der Waals surface area contributed by atoms with Gasteiger partial charge in [-0.2, -0.15) is 0 Å². The van der Waals surface area contributed by atoms with Crippen molar-refractivity contribution in [2.45, 2.75) is 12.3 Å². The van der Waals surface area contributed by atoms with Crippen molar-refractivity contribution in [3.05, 3.63) is 81.0 Å². The molecule has 0 aliphatic carbocycles. The molecule has 5 rings (SSSR count). The van der Waals surface area contributed by atoms with Gasteiger partial charge in [-0.25, -0.2) is 0 Å². The molecule has 0 unspecified atom stereocenters. The maximum Gasteiger partial charge on any atom is 0.312 e. The Hall–Kier alpha value is -3.97. The molecule has 0 spiro atoms. The molecule has 8 heteroatoms. The highest BCUT2D eigenvalue weighted by Gasteiger charge is 2.33. The number of hydrogen-bond acceptors (Lipinski definition) is 7. The second-order valence-electron chi connectivity index (χ2n) is 7.48. The minimum atomic E-state index is -0.592. The quantitative estimate of drug-likeness (QED) is 0.300. The van der Waals surface area contributed by atoms with Crippen LogP contribution in [0.25, 0.3) is 22.3 Å². The molecule has 0 saturated carbocycles. The summed E-state index contributed by atoms with van der Waals surface area (Å²) in [6.45, 7) is 0. The van der Waals surface area contributed by atoms with Gasteiger partial charge in [0.25, 0.3) is 0 Å². The normalized spacial score (nSPS) is 15.4. The highest BCUT2D eigenvalue weighted by molar-refractivity contribution is 6.32. The number of aromatic hydroxyl groups is 3. The summed E-state index contributed by atoms with van der Waals surface area (Å²) in [7, 11) is 0. The van der Waals surface area contributed by atoms with Crippen LogP contribution in [0.5, 0.6) is 23.0 Å². The van der Waals surface area contributed by atoms with Crippen LogP contribution in [0.1, 0.15) is 23.5 Å². The van der Waals surface area contributed by atoms with Crippen molar-refractivity contribution < 1.29 is 29.3 Å². The molecule has 0 radical (unpaired) electrons. The number of carbonyl (C=O) groups is 1. The zero-order valence-electron chi connectivity index (χ0n) is 16.3. The van der Waals surface area contributed by atoms with E-state index in [0.717, 1.165) is 0 Å². The Morgan fingerprint density at radius 3 is 2.38 bits per heavy atom. The molecule has 3 aromatic carbocycles. The molecule has 7 nitrogen and oxygen atoms in total. The molecule has 160 valence electrons. The van der Waals surface area contributed by atoms with E-state index in [0.29, 0.717) is 16.7 Å². The predicted octanol–water partition coefficient (Wildman–Crippen LogP) is 4.67. The summed E-state index contributed by atoms with van der Waals surface area (Å²) in [5.74, 6) is -1.25. The van der Waals surface area contributed by atoms with Gasteiger partial charge in [0.1, 0.15) is 39.7 Å². The minimum Gasteiger partial charge on any atom is -0.508 e. The van der Waals surface area contributed by atoms with Crippen LogP contribution in [0.2, 0.25) is 5.02 Å². The molecule has 0 amide bonds. The van der Waals surface area contributed by atoms with E-state index in [1.807, 2.05) is 0 Å². The monoisotopic (exact) mass is 450 g/mol. The predicted molar refractivity (Wildman–Crippen MR) is 116 cm³/mol. The summed E-state index contributed by atoms with van der Waals surface area (Å²) in [5, 5.41) is 29.9. The van der Waals surface area contributed by atoms with Crippen LogP contribution >= 0.6 is 11.6 Å². The van der Waals surface area contributed by atoms with Gasteiger partial charge in [0.2, 0.25) is 0 Å². The van der Waals surface area contributed by atoms with Crippen molar-refractivity contribution >= 4 is 28.5 Å². The molecule has 32 heavy (non-hydrogen) atoms. The van der Waals surface area contributed by atoms with E-state index in [2.05, 4.69) is 0 Å². The van der Waals surface area contributed by atoms with Crippen molar-refractivity contribution in [3.63, 3.8) is 0 Å². The summed E-state index contributed by atoms with van der Waals surface area (Å²) < 4.78 is 11.4. The molecule has 3 N–H and O–H groups in total. The average molecular weight is 451 g/mol. The Bertz CT molecular complexity index is 1450. The molecule has 4 aromatic rings. The minimum absolute atomic E-state index is 0.0425. The van der Waals surface area contributed by atoms with Gasteiger partial charge >= 0.3 is 5.97 Å². The van der Waals surface area contributed by atoms with Gasteiger partial charge in [-0.3, -0.25) is 9.59 Å². The van der Waals surface area contributed by atoms with E-state index < -0.39 is 17.3 Å². The SMILES string of the molecule is O=C1C[C@@H](c2ccc(O)c(Cl)c2)c2c(cc(O)c3c(=O)cc(-c4ccc(O)cc4)oc23)O1. The Kier molecular flexibility index (Phi) is 4.56. The summed E-state index contributed by atoms with van der Waals surface area (Å²) in [4.78, 5) is 25.2. The fourth-order valence-corrected chi connectivity index (χ4v) is 4.14. The first-order valence-electron chi connectivity index (χ1n) is 9.64. The third-order valence-corrected chi connectivity index (χ3v) is 5.75. The van der Waals surface area contributed by atoms with Crippen LogP contribution in [0, 0.1) is 0 Å². The van der Waals surface area contributed by atoms with Gasteiger partial charge in [0, 0.05) is 29.2 Å². The number of ether oxygens (including phenoxy) is 1. The van der Waals surface area contributed by atoms with E-state index in [1.54, 1.807) is 18.2 Å². The van der Waals surface area contributed by atoms with Gasteiger partial charge in [0.05, 0.1) is 11.4 Å². The highest BCUT2D eigenvalue weighted by Crippen LogP contribution is 2.46. The molecule has 1 aliphatic rings. The number of benzene rings is 3. The van der Waals surface area contributed by atoms with Gasteiger partial charge in [0.15, 0.2) is 5.43 Å². The van der Waals surface area contributed by atoms with Crippen molar-refractivity contribution in [2.24, 2.45) is 0 Å². The number of esters is 1. The number of rotatable bonds is 2. The Balaban J connectivity index is 1.81. The van der Waals surface area contributed by atoms with E-state index in [-0.39, 0.29) is 51.2 Å². The van der Waals surface area contributed by atoms with E-state index >= 15 is 0 Å². The van der Waals surface area contributed by atoms with Crippen molar-refractivity contribution in [1.82, 2.24) is 0 Å². The molecule has 2 heterocycles. The molecule has 1 aromatic heterocycles. The largest absolute Gasteiger partial charge is 0.508 e. The molecular weight excluding hydrogens is 436 g/mol. The smallest absolute Gasteiger partial charge is 0.312 e. The van der Waals surface area contributed by atoms with Crippen LogP contribution in [-0.4, -0.2) is 21.3 Å². The Labute approximate surface area is 185 Å². The second kappa shape index (κ2) is 7.32. The first kappa shape index (κ1) is 20.0. The molecule has 1 atom stereocenters. The number of phenolic OH excluding ortho intramolecular Hbond substituents is 3. The van der Waals surface area contributed by atoms with Crippen LogP contribution in [0.15, 0.2) is 63.8 Å². The maximum atomic E-state index is 12.9. The van der Waals surface area contributed by atoms with Crippen molar-refractivity contribution in [1.29, 1.82) is 0 Å². The van der Waals surface area contributed by atoms with Gasteiger partial charge in [-0.15, -0.1) is 0 Å². The summed E-state index contributed by atoms with van der Waals surface area (Å²) in [5.41, 5.74) is 1.16. The number of halogens is 1. The van der Waals surface area contributed by atoms with E-state index in [1.165, 1.54) is 36.4 Å². The number of phenols is 3. The number of fused-ring (bicyclic) bond motifs is 3. The van der Waals surface area contributed by atoms with Gasteiger partial charge in [-0.1, -0.05) is 17.7 Å². The first-order valence-corrected chi connectivity index (χ1v) is 10.0. The summed E-state index contributed by atoms with van der Waals surface area (Å²) in [6, 6.07) is 13.1. The highest BCUT2D eigenvalue weighted by atomic mass is 35.5. The molecular formula is C24H15ClO7. The lowest BCUT2D eigenvalue weighted by molar-refractivity contribution is -0.135. The van der Waals surface area contributed by atoms with Crippen molar-refractivity contribution in [2.75, 3.05) is 0 Å². The zero-order valence-corrected chi connectivity index (χ0v) is 17.1. The average Bonchev–Trinajstić information content (AvgIpc) is 2.75. The fraction of sp³-hybridized carbons (Fsp3) is 0.0833. The van der Waals surface area contributed by atoms with E-state index in [9.17, 15) is 24.9 Å². The van der Waals surface area contributed by atoms with Gasteiger partial charge < -0.3 is 24.5 Å². The maximum absolute atomic E-state index is 12.9. The first-order chi connectivity index (χ1) is 15.3. The van der Waals surface area contributed by atoms with E-state index in [4.69, 9.17) is 20.8 Å². The Morgan fingerprint density at radius 2 is 1.66 bits per heavy atom. The second-order valence-corrected chi connectivity index (χ2v) is 7.88. The topological polar surface area (TPSA) is 117 Å². The summed E-state index contributed by atoms with van der Waals surface area (Å²) in [6.07, 6.45) is -0.0544.